The molecule has 0 aliphatic rings. The fraction of sp³-hybridized carbons (Fsp3) is 0.889. The van der Waals surface area contributed by atoms with Crippen molar-refractivity contribution in [1.29, 1.82) is 5.26 Å². The van der Waals surface area contributed by atoms with Gasteiger partial charge in [-0.1, -0.05) is 6.92 Å². The van der Waals surface area contributed by atoms with E-state index >= 15 is 0 Å². The summed E-state index contributed by atoms with van der Waals surface area (Å²) in [5.41, 5.74) is -0.527. The Morgan fingerprint density at radius 1 is 1.40 bits per heavy atom. The molecule has 0 aromatic heterocycles. The summed E-state index contributed by atoms with van der Waals surface area (Å²) in [6, 6.07) is 1.85. The van der Waals surface area contributed by atoms with Gasteiger partial charge in [0.25, 0.3) is 10.2 Å². The first kappa shape index (κ1) is 14.4. The van der Waals surface area contributed by atoms with Gasteiger partial charge in [-0.3, -0.25) is 0 Å². The van der Waals surface area contributed by atoms with Crippen LogP contribution in [-0.2, 0) is 10.2 Å². The molecule has 15 heavy (non-hydrogen) atoms. The Hall–Kier alpha value is -0.640. The molecule has 0 rings (SSSR count). The van der Waals surface area contributed by atoms with Gasteiger partial charge in [0.15, 0.2) is 0 Å². The lowest BCUT2D eigenvalue weighted by Crippen LogP contribution is -2.49. The maximum Gasteiger partial charge on any atom is 0.280 e. The Morgan fingerprint density at radius 2 is 1.93 bits per heavy atom. The molecule has 0 aliphatic heterocycles. The second-order valence-electron chi connectivity index (χ2n) is 4.35. The van der Waals surface area contributed by atoms with Crippen molar-refractivity contribution in [2.75, 3.05) is 13.1 Å². The molecule has 0 aromatic carbocycles. The van der Waals surface area contributed by atoms with Gasteiger partial charge in [0.2, 0.25) is 0 Å². The minimum absolute atomic E-state index is 0.112. The van der Waals surface area contributed by atoms with Gasteiger partial charge in [-0.15, -0.1) is 0 Å². The Kier molecular flexibility index (Phi) is 5.21. The summed E-state index contributed by atoms with van der Waals surface area (Å²) in [5.74, 6) is 0. The molecule has 0 bridgehead atoms. The molecule has 0 aliphatic carbocycles. The van der Waals surface area contributed by atoms with E-state index in [4.69, 9.17) is 5.26 Å². The predicted molar refractivity (Wildman–Crippen MR) is 59.3 cm³/mol. The van der Waals surface area contributed by atoms with Crippen molar-refractivity contribution in [3.05, 3.63) is 0 Å². The summed E-state index contributed by atoms with van der Waals surface area (Å²) in [7, 11) is -3.54. The van der Waals surface area contributed by atoms with Crippen LogP contribution in [0.5, 0.6) is 0 Å². The van der Waals surface area contributed by atoms with Crippen molar-refractivity contribution >= 4 is 10.2 Å². The second kappa shape index (κ2) is 5.45. The van der Waals surface area contributed by atoms with Crippen LogP contribution in [-0.4, -0.2) is 31.4 Å². The van der Waals surface area contributed by atoms with Gasteiger partial charge in [-0.05, 0) is 27.2 Å². The van der Waals surface area contributed by atoms with Crippen LogP contribution in [0.4, 0.5) is 0 Å². The molecule has 0 fully saturated rings. The number of nitrogens with zero attached hydrogens (tertiary/aromatic N) is 2. The standard InChI is InChI=1S/C9H19N3O2S/c1-5-7-12(8-6-10)15(13,14)11-9(2,3)4/h11H,5,7-8H2,1-4H3. The van der Waals surface area contributed by atoms with E-state index < -0.39 is 15.7 Å². The van der Waals surface area contributed by atoms with Crippen molar-refractivity contribution in [1.82, 2.24) is 9.03 Å². The minimum atomic E-state index is -3.54. The van der Waals surface area contributed by atoms with Crippen LogP contribution < -0.4 is 4.72 Å². The van der Waals surface area contributed by atoms with Gasteiger partial charge < -0.3 is 0 Å². The summed E-state index contributed by atoms with van der Waals surface area (Å²) < 4.78 is 27.2. The number of hydrogen-bond acceptors (Lipinski definition) is 3. The molecule has 88 valence electrons. The van der Waals surface area contributed by atoms with Gasteiger partial charge in [-0.2, -0.15) is 22.7 Å². The summed E-state index contributed by atoms with van der Waals surface area (Å²) in [5, 5.41) is 8.54. The lowest BCUT2D eigenvalue weighted by atomic mass is 10.1. The fourth-order valence-electron chi connectivity index (χ4n) is 1.06. The maximum absolute atomic E-state index is 11.8. The van der Waals surface area contributed by atoms with Gasteiger partial charge >= 0.3 is 0 Å². The van der Waals surface area contributed by atoms with E-state index in [0.717, 1.165) is 4.31 Å². The molecular weight excluding hydrogens is 214 g/mol. The molecule has 0 aromatic rings. The van der Waals surface area contributed by atoms with E-state index in [1.807, 2.05) is 13.0 Å². The lowest BCUT2D eigenvalue weighted by Gasteiger charge is -2.26. The smallest absolute Gasteiger partial charge is 0.197 e. The number of hydrogen-bond donors (Lipinski definition) is 1. The molecule has 5 nitrogen and oxygen atoms in total. The van der Waals surface area contributed by atoms with E-state index in [-0.39, 0.29) is 6.54 Å². The molecule has 0 spiro atoms. The Balaban J connectivity index is 4.74. The van der Waals surface area contributed by atoms with Crippen molar-refractivity contribution in [2.24, 2.45) is 0 Å². The quantitative estimate of drug-likeness (QED) is 0.716. The van der Waals surface area contributed by atoms with Crippen LogP contribution in [0.2, 0.25) is 0 Å². The topological polar surface area (TPSA) is 73.2 Å². The van der Waals surface area contributed by atoms with Crippen LogP contribution in [0.15, 0.2) is 0 Å². The lowest BCUT2D eigenvalue weighted by molar-refractivity contribution is 0.407. The van der Waals surface area contributed by atoms with E-state index in [1.165, 1.54) is 0 Å². The van der Waals surface area contributed by atoms with Crippen LogP contribution in [0.3, 0.4) is 0 Å². The third-order valence-corrected chi connectivity index (χ3v) is 3.36. The van der Waals surface area contributed by atoms with Crippen molar-refractivity contribution < 1.29 is 8.42 Å². The van der Waals surface area contributed by atoms with Crippen molar-refractivity contribution in [3.8, 4) is 6.07 Å². The van der Waals surface area contributed by atoms with E-state index in [9.17, 15) is 8.42 Å². The molecule has 0 saturated carbocycles. The van der Waals surface area contributed by atoms with Crippen LogP contribution >= 0.6 is 0 Å². The number of nitrogens with one attached hydrogen (secondary N) is 1. The zero-order chi connectivity index (χ0) is 12.1. The fourth-order valence-corrected chi connectivity index (χ4v) is 2.62. The average molecular weight is 233 g/mol. The first-order chi connectivity index (χ1) is 6.73. The summed E-state index contributed by atoms with van der Waals surface area (Å²) in [6.07, 6.45) is 0.687. The molecule has 1 N–H and O–H groups in total. The largest absolute Gasteiger partial charge is 0.280 e. The van der Waals surface area contributed by atoms with Crippen LogP contribution in [0, 0.1) is 11.3 Å². The molecule has 0 unspecified atom stereocenters. The van der Waals surface area contributed by atoms with Gasteiger partial charge in [0.05, 0.1) is 6.07 Å². The molecule has 0 radical (unpaired) electrons. The predicted octanol–water partition coefficient (Wildman–Crippen LogP) is 0.855. The van der Waals surface area contributed by atoms with Crippen molar-refractivity contribution in [3.63, 3.8) is 0 Å². The third kappa shape index (κ3) is 5.72. The highest BCUT2D eigenvalue weighted by Gasteiger charge is 2.25. The first-order valence-corrected chi connectivity index (χ1v) is 6.33. The van der Waals surface area contributed by atoms with Crippen LogP contribution in [0.1, 0.15) is 34.1 Å². The highest BCUT2D eigenvalue weighted by molar-refractivity contribution is 7.87. The molecule has 6 heteroatoms. The zero-order valence-corrected chi connectivity index (χ0v) is 10.6. The van der Waals surface area contributed by atoms with Crippen molar-refractivity contribution in [2.45, 2.75) is 39.7 Å². The second-order valence-corrected chi connectivity index (χ2v) is 6.02. The zero-order valence-electron chi connectivity index (χ0n) is 9.74. The maximum atomic E-state index is 11.8. The Labute approximate surface area is 92.3 Å². The Morgan fingerprint density at radius 3 is 2.27 bits per heavy atom. The van der Waals surface area contributed by atoms with Crippen LogP contribution in [0.25, 0.3) is 0 Å². The summed E-state index contributed by atoms with van der Waals surface area (Å²) in [4.78, 5) is 0. The molecule has 0 amide bonds. The average Bonchev–Trinajstić information content (AvgIpc) is 1.99. The first-order valence-electron chi connectivity index (χ1n) is 4.89. The van der Waals surface area contributed by atoms with Gasteiger partial charge in [-0.25, -0.2) is 0 Å². The SMILES string of the molecule is CCCN(CC#N)S(=O)(=O)NC(C)(C)C. The number of nitriles is 1. The van der Waals surface area contributed by atoms with E-state index in [1.54, 1.807) is 20.8 Å². The summed E-state index contributed by atoms with van der Waals surface area (Å²) in [6.45, 7) is 7.42. The number of rotatable bonds is 5. The molecule has 0 atom stereocenters. The van der Waals surface area contributed by atoms with Gasteiger partial charge in [0.1, 0.15) is 6.54 Å². The monoisotopic (exact) mass is 233 g/mol. The Bertz CT molecular complexity index is 324. The minimum Gasteiger partial charge on any atom is -0.197 e. The highest BCUT2D eigenvalue weighted by atomic mass is 32.2. The highest BCUT2D eigenvalue weighted by Crippen LogP contribution is 2.06. The molecule has 0 saturated heterocycles. The van der Waals surface area contributed by atoms with E-state index in [0.29, 0.717) is 13.0 Å². The van der Waals surface area contributed by atoms with Gasteiger partial charge in [0, 0.05) is 12.1 Å². The molecule has 0 heterocycles. The summed E-state index contributed by atoms with van der Waals surface area (Å²) >= 11 is 0. The normalized spacial score (nSPS) is 12.8. The van der Waals surface area contributed by atoms with E-state index in [2.05, 4.69) is 4.72 Å². The third-order valence-electron chi connectivity index (χ3n) is 1.50. The molecular formula is C9H19N3O2S.